The van der Waals surface area contributed by atoms with Crippen molar-refractivity contribution < 1.29 is 5.11 Å². The standard InChI is InChI=1S/C6H9BrO/c7-6(4-8)5-2-1-3-5/h8H,1-4H2. The monoisotopic (exact) mass is 176 g/mol. The van der Waals surface area contributed by atoms with Crippen LogP contribution in [0.25, 0.3) is 0 Å². The van der Waals surface area contributed by atoms with Gasteiger partial charge in [-0.05, 0) is 19.3 Å². The van der Waals surface area contributed by atoms with Gasteiger partial charge in [0, 0.05) is 4.48 Å². The molecule has 8 heavy (non-hydrogen) atoms. The van der Waals surface area contributed by atoms with E-state index in [1.54, 1.807) is 0 Å². The zero-order chi connectivity index (χ0) is 5.98. The van der Waals surface area contributed by atoms with Gasteiger partial charge in [-0.3, -0.25) is 0 Å². The Morgan fingerprint density at radius 2 is 2.25 bits per heavy atom. The molecule has 0 atom stereocenters. The van der Waals surface area contributed by atoms with Gasteiger partial charge in [0.1, 0.15) is 0 Å². The van der Waals surface area contributed by atoms with E-state index in [0.717, 1.165) is 4.48 Å². The molecule has 0 aromatic carbocycles. The van der Waals surface area contributed by atoms with Crippen molar-refractivity contribution in [3.8, 4) is 0 Å². The van der Waals surface area contributed by atoms with Crippen molar-refractivity contribution in [3.63, 3.8) is 0 Å². The molecule has 46 valence electrons. The van der Waals surface area contributed by atoms with Crippen LogP contribution in [0.3, 0.4) is 0 Å². The zero-order valence-corrected chi connectivity index (χ0v) is 6.24. The molecule has 0 radical (unpaired) electrons. The average Bonchev–Trinajstić information content (AvgIpc) is 1.62. The normalized spacial score (nSPS) is 18.0. The summed E-state index contributed by atoms with van der Waals surface area (Å²) in [6, 6.07) is 0. The smallest absolute Gasteiger partial charge is 0.0746 e. The lowest BCUT2D eigenvalue weighted by Gasteiger charge is -2.17. The van der Waals surface area contributed by atoms with Gasteiger partial charge in [-0.1, -0.05) is 21.5 Å². The first kappa shape index (κ1) is 6.30. The Balaban J connectivity index is 2.47. The number of hydrogen-bond donors (Lipinski definition) is 1. The van der Waals surface area contributed by atoms with Gasteiger partial charge < -0.3 is 5.11 Å². The first-order chi connectivity index (χ1) is 3.84. The maximum absolute atomic E-state index is 8.57. The molecule has 1 N–H and O–H groups in total. The number of aliphatic hydroxyl groups is 1. The molecular formula is C6H9BrO. The quantitative estimate of drug-likeness (QED) is 0.647. The molecule has 0 unspecified atom stereocenters. The molecule has 0 spiro atoms. The van der Waals surface area contributed by atoms with E-state index in [4.69, 9.17) is 5.11 Å². The fourth-order valence-corrected chi connectivity index (χ4v) is 1.13. The Morgan fingerprint density at radius 3 is 2.38 bits per heavy atom. The summed E-state index contributed by atoms with van der Waals surface area (Å²) in [4.78, 5) is 0. The third-order valence-electron chi connectivity index (χ3n) is 1.48. The molecule has 1 rings (SSSR count). The SMILES string of the molecule is OCC(Br)=C1CCC1. The lowest BCUT2D eigenvalue weighted by molar-refractivity contribution is 0.337. The Hall–Kier alpha value is 0.180. The van der Waals surface area contributed by atoms with Crippen LogP contribution in [0, 0.1) is 0 Å². The van der Waals surface area contributed by atoms with Crippen molar-refractivity contribution in [3.05, 3.63) is 10.1 Å². The van der Waals surface area contributed by atoms with Crippen molar-refractivity contribution in [2.75, 3.05) is 6.61 Å². The fourth-order valence-electron chi connectivity index (χ4n) is 0.737. The Kier molecular flexibility index (Phi) is 2.08. The Morgan fingerprint density at radius 1 is 1.62 bits per heavy atom. The second kappa shape index (κ2) is 2.65. The number of rotatable bonds is 1. The van der Waals surface area contributed by atoms with E-state index in [1.165, 1.54) is 24.8 Å². The molecule has 1 fully saturated rings. The average molecular weight is 177 g/mol. The third kappa shape index (κ3) is 1.12. The molecule has 0 bridgehead atoms. The summed E-state index contributed by atoms with van der Waals surface area (Å²) in [6.07, 6.45) is 3.66. The fraction of sp³-hybridized carbons (Fsp3) is 0.667. The van der Waals surface area contributed by atoms with Crippen LogP contribution < -0.4 is 0 Å². The van der Waals surface area contributed by atoms with Crippen molar-refractivity contribution in [2.45, 2.75) is 19.3 Å². The van der Waals surface area contributed by atoms with Crippen molar-refractivity contribution in [1.29, 1.82) is 0 Å². The summed E-state index contributed by atoms with van der Waals surface area (Å²) in [5.74, 6) is 0. The van der Waals surface area contributed by atoms with E-state index in [2.05, 4.69) is 15.9 Å². The second-order valence-corrected chi connectivity index (χ2v) is 2.98. The summed E-state index contributed by atoms with van der Waals surface area (Å²) in [6.45, 7) is 0.176. The van der Waals surface area contributed by atoms with E-state index in [0.29, 0.717) is 0 Å². The highest BCUT2D eigenvalue weighted by Gasteiger charge is 2.11. The largest absolute Gasteiger partial charge is 0.391 e. The summed E-state index contributed by atoms with van der Waals surface area (Å²) in [7, 11) is 0. The molecule has 0 aromatic rings. The van der Waals surface area contributed by atoms with Gasteiger partial charge in [-0.2, -0.15) is 0 Å². The third-order valence-corrected chi connectivity index (χ3v) is 2.29. The van der Waals surface area contributed by atoms with Gasteiger partial charge in [0.25, 0.3) is 0 Å². The van der Waals surface area contributed by atoms with Gasteiger partial charge in [0.05, 0.1) is 6.61 Å². The van der Waals surface area contributed by atoms with E-state index in [1.807, 2.05) is 0 Å². The molecule has 0 heterocycles. The van der Waals surface area contributed by atoms with Crippen LogP contribution in [-0.4, -0.2) is 11.7 Å². The molecule has 1 aliphatic carbocycles. The van der Waals surface area contributed by atoms with Crippen LogP contribution in [0.2, 0.25) is 0 Å². The number of aliphatic hydroxyl groups excluding tert-OH is 1. The Bertz CT molecular complexity index is 106. The highest BCUT2D eigenvalue weighted by atomic mass is 79.9. The minimum Gasteiger partial charge on any atom is -0.391 e. The molecule has 2 heteroatoms. The molecule has 0 aromatic heterocycles. The Labute approximate surface area is 57.5 Å². The lowest BCUT2D eigenvalue weighted by Crippen LogP contribution is -2.00. The number of allylic oxidation sites excluding steroid dienone is 1. The minimum atomic E-state index is 0.176. The molecular weight excluding hydrogens is 168 g/mol. The zero-order valence-electron chi connectivity index (χ0n) is 4.65. The van der Waals surface area contributed by atoms with Crippen molar-refractivity contribution in [2.24, 2.45) is 0 Å². The van der Waals surface area contributed by atoms with Crippen LogP contribution in [-0.2, 0) is 0 Å². The van der Waals surface area contributed by atoms with Crippen molar-refractivity contribution in [1.82, 2.24) is 0 Å². The first-order valence-corrected chi connectivity index (χ1v) is 3.61. The summed E-state index contributed by atoms with van der Waals surface area (Å²) in [5, 5.41) is 8.57. The molecule has 1 saturated carbocycles. The molecule has 0 amide bonds. The maximum atomic E-state index is 8.57. The maximum Gasteiger partial charge on any atom is 0.0746 e. The second-order valence-electron chi connectivity index (χ2n) is 2.02. The first-order valence-electron chi connectivity index (χ1n) is 2.82. The summed E-state index contributed by atoms with van der Waals surface area (Å²) >= 11 is 3.28. The predicted octanol–water partition coefficient (Wildman–Crippen LogP) is 1.81. The van der Waals surface area contributed by atoms with Crippen LogP contribution in [0.4, 0.5) is 0 Å². The van der Waals surface area contributed by atoms with Gasteiger partial charge in [0.2, 0.25) is 0 Å². The summed E-state index contributed by atoms with van der Waals surface area (Å²) < 4.78 is 1.00. The minimum absolute atomic E-state index is 0.176. The van der Waals surface area contributed by atoms with Crippen LogP contribution in [0.5, 0.6) is 0 Å². The van der Waals surface area contributed by atoms with Gasteiger partial charge in [-0.25, -0.2) is 0 Å². The summed E-state index contributed by atoms with van der Waals surface area (Å²) in [5.41, 5.74) is 1.40. The molecule has 0 aliphatic heterocycles. The number of hydrogen-bond acceptors (Lipinski definition) is 1. The predicted molar refractivity (Wildman–Crippen MR) is 36.9 cm³/mol. The molecule has 0 saturated heterocycles. The molecule has 1 nitrogen and oxygen atoms in total. The van der Waals surface area contributed by atoms with E-state index in [9.17, 15) is 0 Å². The van der Waals surface area contributed by atoms with E-state index >= 15 is 0 Å². The number of halogens is 1. The van der Waals surface area contributed by atoms with Crippen LogP contribution in [0.1, 0.15) is 19.3 Å². The van der Waals surface area contributed by atoms with Crippen LogP contribution in [0.15, 0.2) is 10.1 Å². The highest BCUT2D eigenvalue weighted by molar-refractivity contribution is 9.11. The molecule has 1 aliphatic rings. The van der Waals surface area contributed by atoms with Gasteiger partial charge >= 0.3 is 0 Å². The highest BCUT2D eigenvalue weighted by Crippen LogP contribution is 2.30. The topological polar surface area (TPSA) is 20.2 Å². The van der Waals surface area contributed by atoms with Gasteiger partial charge in [-0.15, -0.1) is 0 Å². The van der Waals surface area contributed by atoms with E-state index in [-0.39, 0.29) is 6.61 Å². The lowest BCUT2D eigenvalue weighted by atomic mass is 9.92. The van der Waals surface area contributed by atoms with Crippen LogP contribution >= 0.6 is 15.9 Å². The van der Waals surface area contributed by atoms with Gasteiger partial charge in [0.15, 0.2) is 0 Å². The van der Waals surface area contributed by atoms with Crippen molar-refractivity contribution >= 4 is 15.9 Å². The van der Waals surface area contributed by atoms with E-state index < -0.39 is 0 Å².